The summed E-state index contributed by atoms with van der Waals surface area (Å²) in [4.78, 5) is 29.2. The molecule has 0 aliphatic heterocycles. The van der Waals surface area contributed by atoms with E-state index in [1.165, 1.54) is 7.11 Å². The van der Waals surface area contributed by atoms with Gasteiger partial charge in [-0.1, -0.05) is 6.07 Å². The number of hydrogen-bond acceptors (Lipinski definition) is 9. The molecule has 1 aromatic carbocycles. The van der Waals surface area contributed by atoms with Gasteiger partial charge in [0.05, 0.1) is 31.3 Å². The van der Waals surface area contributed by atoms with Crippen molar-refractivity contribution < 1.29 is 19.0 Å². The van der Waals surface area contributed by atoms with Gasteiger partial charge in [-0.25, -0.2) is 14.8 Å². The SMILES string of the molecule is CCOc1nc(N)nc2ncc(-c3ccc(NC(=O)OC(C)(C)C)c(OC)c3)nc12. The number of methoxy groups -OCH3 is 1. The van der Waals surface area contributed by atoms with Crippen molar-refractivity contribution in [1.82, 2.24) is 19.9 Å². The van der Waals surface area contributed by atoms with Gasteiger partial charge in [0, 0.05) is 5.56 Å². The zero-order valence-corrected chi connectivity index (χ0v) is 17.5. The summed E-state index contributed by atoms with van der Waals surface area (Å²) in [6.07, 6.45) is 0.996. The quantitative estimate of drug-likeness (QED) is 0.646. The monoisotopic (exact) mass is 412 g/mol. The lowest BCUT2D eigenvalue weighted by Gasteiger charge is -2.20. The molecule has 0 spiro atoms. The molecule has 2 heterocycles. The Balaban J connectivity index is 1.96. The number of carbonyl (C=O) groups excluding carboxylic acids is 1. The number of anilines is 2. The van der Waals surface area contributed by atoms with Gasteiger partial charge in [-0.2, -0.15) is 9.97 Å². The van der Waals surface area contributed by atoms with Crippen LogP contribution in [0.3, 0.4) is 0 Å². The predicted molar refractivity (Wildman–Crippen MR) is 113 cm³/mol. The van der Waals surface area contributed by atoms with Gasteiger partial charge in [-0.3, -0.25) is 5.32 Å². The van der Waals surface area contributed by atoms with Crippen molar-refractivity contribution in [3.05, 3.63) is 24.4 Å². The fourth-order valence-electron chi connectivity index (χ4n) is 2.64. The minimum Gasteiger partial charge on any atom is -0.495 e. The average molecular weight is 412 g/mol. The third-order valence-corrected chi connectivity index (χ3v) is 3.81. The molecule has 0 aliphatic rings. The smallest absolute Gasteiger partial charge is 0.412 e. The molecular formula is C20H24N6O4. The van der Waals surface area contributed by atoms with Crippen molar-refractivity contribution >= 4 is 28.9 Å². The third-order valence-electron chi connectivity index (χ3n) is 3.81. The number of nitrogens with two attached hydrogens (primary N) is 1. The van der Waals surface area contributed by atoms with Crippen LogP contribution >= 0.6 is 0 Å². The number of aromatic nitrogens is 4. The summed E-state index contributed by atoms with van der Waals surface area (Å²) in [6, 6.07) is 5.22. The summed E-state index contributed by atoms with van der Waals surface area (Å²) in [6.45, 7) is 7.61. The zero-order chi connectivity index (χ0) is 21.9. The predicted octanol–water partition coefficient (Wildman–Crippen LogP) is 3.42. The van der Waals surface area contributed by atoms with Crippen LogP contribution in [0.25, 0.3) is 22.4 Å². The van der Waals surface area contributed by atoms with Gasteiger partial charge in [-0.15, -0.1) is 0 Å². The van der Waals surface area contributed by atoms with E-state index in [1.807, 2.05) is 6.92 Å². The van der Waals surface area contributed by atoms with Crippen molar-refractivity contribution in [2.45, 2.75) is 33.3 Å². The molecule has 0 aliphatic carbocycles. The number of hydrogen-bond donors (Lipinski definition) is 2. The van der Waals surface area contributed by atoms with E-state index in [9.17, 15) is 4.79 Å². The van der Waals surface area contributed by atoms with Gasteiger partial charge < -0.3 is 19.9 Å². The van der Waals surface area contributed by atoms with Crippen LogP contribution < -0.4 is 20.5 Å². The molecule has 158 valence electrons. The normalized spacial score (nSPS) is 11.2. The topological polar surface area (TPSA) is 134 Å². The van der Waals surface area contributed by atoms with E-state index >= 15 is 0 Å². The first kappa shape index (κ1) is 21.0. The number of fused-ring (bicyclic) bond motifs is 1. The lowest BCUT2D eigenvalue weighted by atomic mass is 10.1. The fourth-order valence-corrected chi connectivity index (χ4v) is 2.64. The Morgan fingerprint density at radius 3 is 2.63 bits per heavy atom. The number of benzene rings is 1. The fraction of sp³-hybridized carbons (Fsp3) is 0.350. The Kier molecular flexibility index (Phi) is 5.86. The molecule has 3 rings (SSSR count). The first-order chi connectivity index (χ1) is 14.2. The van der Waals surface area contributed by atoms with Gasteiger partial charge in [0.1, 0.15) is 11.4 Å². The minimum atomic E-state index is -0.609. The molecule has 0 bridgehead atoms. The molecule has 3 N–H and O–H groups in total. The highest BCUT2D eigenvalue weighted by atomic mass is 16.6. The standard InChI is InChI=1S/C20H24N6O4/c1-6-29-17-15-16(25-18(21)26-17)22-10-13(23-15)11-7-8-12(14(9-11)28-5)24-19(27)30-20(2,3)4/h7-10H,6H2,1-5H3,(H,24,27)(H2,21,22,25,26). The number of carbonyl (C=O) groups is 1. The molecular weight excluding hydrogens is 388 g/mol. The molecule has 0 unspecified atom stereocenters. The summed E-state index contributed by atoms with van der Waals surface area (Å²) < 4.78 is 16.2. The van der Waals surface area contributed by atoms with Crippen LogP contribution in [0.5, 0.6) is 11.6 Å². The summed E-state index contributed by atoms with van der Waals surface area (Å²) in [5.74, 6) is 0.774. The number of nitrogen functional groups attached to an aromatic ring is 1. The van der Waals surface area contributed by atoms with E-state index in [-0.39, 0.29) is 11.8 Å². The van der Waals surface area contributed by atoms with E-state index in [1.54, 1.807) is 45.2 Å². The number of ether oxygens (including phenoxy) is 3. The van der Waals surface area contributed by atoms with Crippen LogP contribution in [-0.4, -0.2) is 45.3 Å². The second-order valence-electron chi connectivity index (χ2n) is 7.29. The second-order valence-corrected chi connectivity index (χ2v) is 7.29. The van der Waals surface area contributed by atoms with Gasteiger partial charge in [-0.05, 0) is 39.8 Å². The van der Waals surface area contributed by atoms with E-state index in [0.29, 0.717) is 34.9 Å². The molecule has 10 nitrogen and oxygen atoms in total. The molecule has 0 atom stereocenters. The van der Waals surface area contributed by atoms with E-state index < -0.39 is 11.7 Å². The molecule has 0 saturated heterocycles. The molecule has 10 heteroatoms. The summed E-state index contributed by atoms with van der Waals surface area (Å²) in [7, 11) is 1.51. The Morgan fingerprint density at radius 1 is 1.20 bits per heavy atom. The number of rotatable bonds is 5. The van der Waals surface area contributed by atoms with Gasteiger partial charge in [0.25, 0.3) is 0 Å². The second kappa shape index (κ2) is 8.36. The van der Waals surface area contributed by atoms with Gasteiger partial charge >= 0.3 is 6.09 Å². The van der Waals surface area contributed by atoms with Crippen molar-refractivity contribution in [3.8, 4) is 22.9 Å². The average Bonchev–Trinajstić information content (AvgIpc) is 2.66. The van der Waals surface area contributed by atoms with Gasteiger partial charge in [0.15, 0.2) is 11.2 Å². The lowest BCUT2D eigenvalue weighted by molar-refractivity contribution is 0.0635. The Hall–Kier alpha value is -3.69. The minimum absolute atomic E-state index is 0.0623. The van der Waals surface area contributed by atoms with Crippen LogP contribution in [0.15, 0.2) is 24.4 Å². The maximum atomic E-state index is 12.1. The molecule has 3 aromatic rings. The molecule has 1 amide bonds. The highest BCUT2D eigenvalue weighted by Gasteiger charge is 2.18. The highest BCUT2D eigenvalue weighted by molar-refractivity contribution is 5.88. The maximum absolute atomic E-state index is 12.1. The largest absolute Gasteiger partial charge is 0.495 e. The highest BCUT2D eigenvalue weighted by Crippen LogP contribution is 2.31. The Bertz CT molecular complexity index is 1080. The molecule has 0 fully saturated rings. The van der Waals surface area contributed by atoms with E-state index in [0.717, 1.165) is 5.56 Å². The van der Waals surface area contributed by atoms with Crippen molar-refractivity contribution in [2.75, 3.05) is 24.8 Å². The lowest BCUT2D eigenvalue weighted by Crippen LogP contribution is -2.27. The summed E-state index contributed by atoms with van der Waals surface area (Å²) >= 11 is 0. The summed E-state index contributed by atoms with van der Waals surface area (Å²) in [5.41, 5.74) is 7.58. The molecule has 30 heavy (non-hydrogen) atoms. The third kappa shape index (κ3) is 4.83. The van der Waals surface area contributed by atoms with Gasteiger partial charge in [0.2, 0.25) is 11.8 Å². The Morgan fingerprint density at radius 2 is 1.97 bits per heavy atom. The first-order valence-electron chi connectivity index (χ1n) is 9.31. The van der Waals surface area contributed by atoms with Crippen LogP contribution in [-0.2, 0) is 4.74 Å². The molecule has 0 radical (unpaired) electrons. The van der Waals surface area contributed by atoms with Crippen LogP contribution in [0, 0.1) is 0 Å². The number of nitrogens with zero attached hydrogens (tertiary/aromatic N) is 4. The van der Waals surface area contributed by atoms with E-state index in [4.69, 9.17) is 19.9 Å². The zero-order valence-electron chi connectivity index (χ0n) is 17.5. The number of amides is 1. The van der Waals surface area contributed by atoms with Crippen molar-refractivity contribution in [1.29, 1.82) is 0 Å². The number of nitrogens with one attached hydrogen (secondary N) is 1. The molecule has 0 saturated carbocycles. The van der Waals surface area contributed by atoms with Crippen LogP contribution in [0.1, 0.15) is 27.7 Å². The Labute approximate surface area is 173 Å². The first-order valence-corrected chi connectivity index (χ1v) is 9.31. The maximum Gasteiger partial charge on any atom is 0.412 e. The van der Waals surface area contributed by atoms with Crippen molar-refractivity contribution in [3.63, 3.8) is 0 Å². The molecule has 2 aromatic heterocycles. The van der Waals surface area contributed by atoms with E-state index in [2.05, 4.69) is 25.3 Å². The van der Waals surface area contributed by atoms with Crippen LogP contribution in [0.4, 0.5) is 16.4 Å². The van der Waals surface area contributed by atoms with Crippen LogP contribution in [0.2, 0.25) is 0 Å². The summed E-state index contributed by atoms with van der Waals surface area (Å²) in [5, 5.41) is 2.68. The van der Waals surface area contributed by atoms with Crippen molar-refractivity contribution in [2.24, 2.45) is 0 Å².